The van der Waals surface area contributed by atoms with Gasteiger partial charge in [0.1, 0.15) is 0 Å². The van der Waals surface area contributed by atoms with Gasteiger partial charge in [-0.05, 0) is 0 Å². The van der Waals surface area contributed by atoms with Gasteiger partial charge >= 0.3 is 0 Å². The first-order valence-corrected chi connectivity index (χ1v) is 2.93. The van der Waals surface area contributed by atoms with Gasteiger partial charge in [-0.2, -0.15) is 0 Å². The standard InChI is InChI=1S/C6H9ClN2O/c1-5(7)6(10-2)9-4-3-8/h3-4H,1,8H2,2H3/b4-3-,9-6+. The summed E-state index contributed by atoms with van der Waals surface area (Å²) in [6, 6.07) is 0. The summed E-state index contributed by atoms with van der Waals surface area (Å²) in [5.41, 5.74) is 5.02. The Morgan fingerprint density at radius 3 is 2.70 bits per heavy atom. The van der Waals surface area contributed by atoms with Crippen molar-refractivity contribution in [2.75, 3.05) is 7.11 Å². The van der Waals surface area contributed by atoms with Crippen molar-refractivity contribution in [1.29, 1.82) is 0 Å². The van der Waals surface area contributed by atoms with E-state index in [2.05, 4.69) is 11.6 Å². The molecule has 0 aliphatic carbocycles. The Hall–Kier alpha value is -0.960. The molecular formula is C6H9ClN2O. The van der Waals surface area contributed by atoms with Gasteiger partial charge < -0.3 is 10.5 Å². The summed E-state index contributed by atoms with van der Waals surface area (Å²) in [7, 11) is 1.46. The lowest BCUT2D eigenvalue weighted by Gasteiger charge is -1.97. The molecule has 0 spiro atoms. The van der Waals surface area contributed by atoms with E-state index in [1.54, 1.807) is 0 Å². The average molecular weight is 161 g/mol. The molecule has 3 nitrogen and oxygen atoms in total. The van der Waals surface area contributed by atoms with E-state index in [0.29, 0.717) is 0 Å². The molecule has 0 amide bonds. The molecule has 56 valence electrons. The Bertz CT molecular complexity index is 175. The molecule has 0 bridgehead atoms. The van der Waals surface area contributed by atoms with E-state index in [1.165, 1.54) is 19.5 Å². The number of nitrogens with zero attached hydrogens (tertiary/aromatic N) is 1. The lowest BCUT2D eigenvalue weighted by atomic mass is 10.6. The number of ether oxygens (including phenoxy) is 1. The van der Waals surface area contributed by atoms with Crippen molar-refractivity contribution in [2.24, 2.45) is 10.7 Å². The molecule has 0 saturated carbocycles. The predicted molar refractivity (Wildman–Crippen MR) is 42.8 cm³/mol. The van der Waals surface area contributed by atoms with Gasteiger partial charge in [-0.3, -0.25) is 0 Å². The minimum absolute atomic E-state index is 0.251. The van der Waals surface area contributed by atoms with Crippen molar-refractivity contribution in [3.05, 3.63) is 24.0 Å². The number of nitrogens with two attached hydrogens (primary N) is 1. The second-order valence-electron chi connectivity index (χ2n) is 1.38. The van der Waals surface area contributed by atoms with Gasteiger partial charge in [0.2, 0.25) is 5.90 Å². The smallest absolute Gasteiger partial charge is 0.231 e. The number of hydrogen-bond acceptors (Lipinski definition) is 3. The average Bonchev–Trinajstić information content (AvgIpc) is 1.89. The molecule has 0 aliphatic heterocycles. The van der Waals surface area contributed by atoms with E-state index in [9.17, 15) is 0 Å². The van der Waals surface area contributed by atoms with E-state index in [-0.39, 0.29) is 10.9 Å². The molecular weight excluding hydrogens is 152 g/mol. The van der Waals surface area contributed by atoms with Crippen molar-refractivity contribution < 1.29 is 4.74 Å². The number of halogens is 1. The molecule has 10 heavy (non-hydrogen) atoms. The molecule has 0 saturated heterocycles. The Balaban J connectivity index is 4.18. The first kappa shape index (κ1) is 9.04. The Kier molecular flexibility index (Phi) is 4.41. The molecule has 0 aliphatic rings. The summed E-state index contributed by atoms with van der Waals surface area (Å²) in [6.07, 6.45) is 2.64. The van der Waals surface area contributed by atoms with E-state index < -0.39 is 0 Å². The molecule has 0 radical (unpaired) electrons. The van der Waals surface area contributed by atoms with Crippen LogP contribution in [0.15, 0.2) is 29.0 Å². The van der Waals surface area contributed by atoms with Crippen LogP contribution in [0, 0.1) is 0 Å². The van der Waals surface area contributed by atoms with Crippen molar-refractivity contribution in [3.63, 3.8) is 0 Å². The highest BCUT2D eigenvalue weighted by Gasteiger charge is 1.97. The number of rotatable bonds is 2. The van der Waals surface area contributed by atoms with Crippen LogP contribution in [-0.2, 0) is 4.74 Å². The molecule has 2 N–H and O–H groups in total. The van der Waals surface area contributed by atoms with Crippen LogP contribution >= 0.6 is 11.6 Å². The summed E-state index contributed by atoms with van der Waals surface area (Å²) < 4.78 is 4.73. The zero-order chi connectivity index (χ0) is 7.98. The van der Waals surface area contributed by atoms with E-state index in [1.807, 2.05) is 0 Å². The topological polar surface area (TPSA) is 47.6 Å². The Labute approximate surface area is 64.8 Å². The fourth-order valence-electron chi connectivity index (χ4n) is 0.344. The highest BCUT2D eigenvalue weighted by Crippen LogP contribution is 2.01. The van der Waals surface area contributed by atoms with Crippen LogP contribution in [0.5, 0.6) is 0 Å². The van der Waals surface area contributed by atoms with Crippen LogP contribution in [0.3, 0.4) is 0 Å². The lowest BCUT2D eigenvalue weighted by Crippen LogP contribution is -1.98. The number of aliphatic imine (C=N–C) groups is 1. The Morgan fingerprint density at radius 1 is 1.80 bits per heavy atom. The first-order chi connectivity index (χ1) is 4.72. The largest absolute Gasteiger partial charge is 0.480 e. The zero-order valence-corrected chi connectivity index (χ0v) is 6.43. The first-order valence-electron chi connectivity index (χ1n) is 2.55. The second-order valence-corrected chi connectivity index (χ2v) is 1.84. The summed E-state index contributed by atoms with van der Waals surface area (Å²) in [4.78, 5) is 3.72. The van der Waals surface area contributed by atoms with Gasteiger partial charge in [-0.1, -0.05) is 18.2 Å². The van der Waals surface area contributed by atoms with Gasteiger partial charge in [-0.25, -0.2) is 4.99 Å². The monoisotopic (exact) mass is 160 g/mol. The van der Waals surface area contributed by atoms with Crippen LogP contribution in [0.4, 0.5) is 0 Å². The Morgan fingerprint density at radius 2 is 2.40 bits per heavy atom. The third-order valence-corrected chi connectivity index (χ3v) is 0.865. The van der Waals surface area contributed by atoms with Crippen LogP contribution in [0.1, 0.15) is 0 Å². The maximum Gasteiger partial charge on any atom is 0.231 e. The zero-order valence-electron chi connectivity index (χ0n) is 5.67. The summed E-state index contributed by atoms with van der Waals surface area (Å²) in [5, 5.41) is 0.251. The third kappa shape index (κ3) is 3.14. The second kappa shape index (κ2) is 4.88. The molecule has 0 aromatic rings. The van der Waals surface area contributed by atoms with Crippen molar-refractivity contribution in [2.45, 2.75) is 0 Å². The van der Waals surface area contributed by atoms with Crippen LogP contribution < -0.4 is 5.73 Å². The fourth-order valence-corrected chi connectivity index (χ4v) is 0.470. The molecule has 0 fully saturated rings. The lowest BCUT2D eigenvalue weighted by molar-refractivity contribution is 0.406. The van der Waals surface area contributed by atoms with Gasteiger partial charge in [0.25, 0.3) is 0 Å². The molecule has 0 unspecified atom stereocenters. The minimum atomic E-state index is 0.251. The quantitative estimate of drug-likeness (QED) is 0.488. The van der Waals surface area contributed by atoms with Gasteiger partial charge in [0.15, 0.2) is 0 Å². The van der Waals surface area contributed by atoms with E-state index in [0.717, 1.165) is 0 Å². The molecule has 0 rings (SSSR count). The highest BCUT2D eigenvalue weighted by molar-refractivity contribution is 6.41. The van der Waals surface area contributed by atoms with Gasteiger partial charge in [0.05, 0.1) is 12.1 Å². The SMILES string of the molecule is C=C(Cl)/C(=N\C=C/N)OC. The maximum absolute atomic E-state index is 5.45. The van der Waals surface area contributed by atoms with Crippen LogP contribution in [0.2, 0.25) is 0 Å². The summed E-state index contributed by atoms with van der Waals surface area (Å²) in [5.74, 6) is 0.267. The summed E-state index contributed by atoms with van der Waals surface area (Å²) >= 11 is 5.45. The van der Waals surface area contributed by atoms with Crippen molar-refractivity contribution >= 4 is 17.5 Å². The van der Waals surface area contributed by atoms with Crippen LogP contribution in [0.25, 0.3) is 0 Å². The maximum atomic E-state index is 5.45. The summed E-state index contributed by atoms with van der Waals surface area (Å²) in [6.45, 7) is 3.41. The van der Waals surface area contributed by atoms with E-state index >= 15 is 0 Å². The van der Waals surface area contributed by atoms with Gasteiger partial charge in [-0.15, -0.1) is 0 Å². The normalized spacial score (nSPS) is 12.0. The third-order valence-electron chi connectivity index (χ3n) is 0.703. The van der Waals surface area contributed by atoms with Crippen molar-refractivity contribution in [1.82, 2.24) is 0 Å². The molecule has 4 heteroatoms. The van der Waals surface area contributed by atoms with E-state index in [4.69, 9.17) is 22.1 Å². The molecule has 0 aromatic carbocycles. The number of methoxy groups -OCH3 is 1. The highest BCUT2D eigenvalue weighted by atomic mass is 35.5. The van der Waals surface area contributed by atoms with Crippen LogP contribution in [-0.4, -0.2) is 13.0 Å². The molecule has 0 heterocycles. The minimum Gasteiger partial charge on any atom is -0.480 e. The molecule has 0 atom stereocenters. The van der Waals surface area contributed by atoms with Crippen molar-refractivity contribution in [3.8, 4) is 0 Å². The number of hydrogen-bond donors (Lipinski definition) is 1. The molecule has 0 aromatic heterocycles. The predicted octanol–water partition coefficient (Wildman–Crippen LogP) is 1.21. The fraction of sp³-hybridized carbons (Fsp3) is 0.167. The van der Waals surface area contributed by atoms with Gasteiger partial charge in [0, 0.05) is 12.4 Å².